The number of hydrogen-bond acceptors (Lipinski definition) is 3. The van der Waals surface area contributed by atoms with E-state index in [9.17, 15) is 0 Å². The lowest BCUT2D eigenvalue weighted by Gasteiger charge is -2.02. The summed E-state index contributed by atoms with van der Waals surface area (Å²) in [5, 5.41) is 3.42. The van der Waals surface area contributed by atoms with Gasteiger partial charge in [0.25, 0.3) is 0 Å². The van der Waals surface area contributed by atoms with Crippen molar-refractivity contribution in [2.45, 2.75) is 13.5 Å². The largest absolute Gasteiger partial charge is 0.497 e. The van der Waals surface area contributed by atoms with Crippen LogP contribution in [0.15, 0.2) is 17.2 Å². The van der Waals surface area contributed by atoms with Crippen molar-refractivity contribution in [1.82, 2.24) is 4.98 Å². The smallest absolute Gasteiger partial charge is 0.122 e. The highest BCUT2D eigenvalue weighted by molar-refractivity contribution is 5.26. The minimum atomic E-state index is 0.258. The van der Waals surface area contributed by atoms with Gasteiger partial charge < -0.3 is 4.74 Å². The molecule has 0 aliphatic rings. The normalized spacial score (nSPS) is 9.08. The van der Waals surface area contributed by atoms with E-state index in [1.807, 2.05) is 13.0 Å². The molecule has 0 saturated heterocycles. The zero-order chi connectivity index (χ0) is 9.68. The lowest BCUT2D eigenvalue weighted by atomic mass is 10.3. The second-order valence-electron chi connectivity index (χ2n) is 2.53. The SMILES string of the molecule is COc1cc(C)nc(CN=[N+]=[N-])c1. The maximum absolute atomic E-state index is 8.12. The fraction of sp³-hybridized carbons (Fsp3) is 0.375. The van der Waals surface area contributed by atoms with Crippen molar-refractivity contribution >= 4 is 0 Å². The maximum Gasteiger partial charge on any atom is 0.122 e. The number of methoxy groups -OCH3 is 1. The molecule has 0 saturated carbocycles. The second-order valence-corrected chi connectivity index (χ2v) is 2.53. The first kappa shape index (κ1) is 9.35. The number of aromatic nitrogens is 1. The Morgan fingerprint density at radius 1 is 1.62 bits per heavy atom. The van der Waals surface area contributed by atoms with Crippen LogP contribution in [0, 0.1) is 6.92 Å². The maximum atomic E-state index is 8.12. The molecule has 68 valence electrons. The van der Waals surface area contributed by atoms with Crippen molar-refractivity contribution in [2.24, 2.45) is 5.11 Å². The summed E-state index contributed by atoms with van der Waals surface area (Å²) in [4.78, 5) is 6.83. The molecule has 0 radical (unpaired) electrons. The Morgan fingerprint density at radius 3 is 3.00 bits per heavy atom. The predicted molar refractivity (Wildman–Crippen MR) is 48.4 cm³/mol. The van der Waals surface area contributed by atoms with Gasteiger partial charge in [-0.3, -0.25) is 4.98 Å². The lowest BCUT2D eigenvalue weighted by Crippen LogP contribution is -1.92. The Morgan fingerprint density at radius 2 is 2.38 bits per heavy atom. The predicted octanol–water partition coefficient (Wildman–Crippen LogP) is 2.21. The average Bonchev–Trinajstić information content (AvgIpc) is 2.14. The summed E-state index contributed by atoms with van der Waals surface area (Å²) in [6.45, 7) is 2.12. The van der Waals surface area contributed by atoms with Crippen molar-refractivity contribution in [3.8, 4) is 5.75 Å². The van der Waals surface area contributed by atoms with E-state index in [0.717, 1.165) is 17.1 Å². The molecule has 0 amide bonds. The minimum absolute atomic E-state index is 0.258. The number of ether oxygens (including phenoxy) is 1. The quantitative estimate of drug-likeness (QED) is 0.404. The van der Waals surface area contributed by atoms with Crippen LogP contribution in [0.5, 0.6) is 5.75 Å². The third-order valence-corrected chi connectivity index (χ3v) is 1.51. The molecular formula is C8H10N4O. The van der Waals surface area contributed by atoms with E-state index >= 15 is 0 Å². The van der Waals surface area contributed by atoms with Crippen LogP contribution in [0.4, 0.5) is 0 Å². The molecule has 0 aliphatic carbocycles. The van der Waals surface area contributed by atoms with Gasteiger partial charge in [-0.25, -0.2) is 0 Å². The number of aryl methyl sites for hydroxylation is 1. The van der Waals surface area contributed by atoms with Crippen LogP contribution in [-0.4, -0.2) is 12.1 Å². The van der Waals surface area contributed by atoms with E-state index in [0.29, 0.717) is 0 Å². The molecule has 1 heterocycles. The van der Waals surface area contributed by atoms with Crippen molar-refractivity contribution < 1.29 is 4.74 Å². The second kappa shape index (κ2) is 4.33. The molecule has 0 unspecified atom stereocenters. The zero-order valence-electron chi connectivity index (χ0n) is 7.56. The molecule has 13 heavy (non-hydrogen) atoms. The Labute approximate surface area is 76.0 Å². The van der Waals surface area contributed by atoms with Gasteiger partial charge in [0, 0.05) is 22.7 Å². The van der Waals surface area contributed by atoms with E-state index in [2.05, 4.69) is 15.0 Å². The molecule has 5 heteroatoms. The van der Waals surface area contributed by atoms with Crippen molar-refractivity contribution in [3.63, 3.8) is 0 Å². The van der Waals surface area contributed by atoms with Crippen molar-refractivity contribution in [3.05, 3.63) is 34.0 Å². The van der Waals surface area contributed by atoms with Crippen LogP contribution in [0.2, 0.25) is 0 Å². The molecule has 0 spiro atoms. The fourth-order valence-corrected chi connectivity index (χ4v) is 1.01. The van der Waals surface area contributed by atoms with Crippen molar-refractivity contribution in [1.29, 1.82) is 0 Å². The molecule has 0 aliphatic heterocycles. The summed E-state index contributed by atoms with van der Waals surface area (Å²) in [6, 6.07) is 3.57. The topological polar surface area (TPSA) is 70.9 Å². The Kier molecular flexibility index (Phi) is 3.11. The molecule has 1 rings (SSSR count). The standard InChI is InChI=1S/C8H10N4O/c1-6-3-8(13-2)4-7(11-6)5-10-12-9/h3-4H,5H2,1-2H3. The molecular weight excluding hydrogens is 168 g/mol. The summed E-state index contributed by atoms with van der Waals surface area (Å²) in [7, 11) is 1.59. The fourth-order valence-electron chi connectivity index (χ4n) is 1.01. The molecule has 0 aromatic carbocycles. The van der Waals surface area contributed by atoms with E-state index in [-0.39, 0.29) is 6.54 Å². The van der Waals surface area contributed by atoms with Gasteiger partial charge in [-0.1, -0.05) is 5.11 Å². The zero-order valence-corrected chi connectivity index (χ0v) is 7.56. The van der Waals surface area contributed by atoms with Gasteiger partial charge in [0.2, 0.25) is 0 Å². The number of pyridine rings is 1. The van der Waals surface area contributed by atoms with Gasteiger partial charge in [0.05, 0.1) is 19.3 Å². The molecule has 0 N–H and O–H groups in total. The highest BCUT2D eigenvalue weighted by Gasteiger charge is 1.98. The van der Waals surface area contributed by atoms with Crippen LogP contribution in [0.25, 0.3) is 10.4 Å². The summed E-state index contributed by atoms with van der Waals surface area (Å²) >= 11 is 0. The van der Waals surface area contributed by atoms with Gasteiger partial charge in [0.1, 0.15) is 5.75 Å². The highest BCUT2D eigenvalue weighted by atomic mass is 16.5. The van der Waals surface area contributed by atoms with Gasteiger partial charge in [0.15, 0.2) is 0 Å². The molecule has 1 aromatic rings. The van der Waals surface area contributed by atoms with Crippen molar-refractivity contribution in [2.75, 3.05) is 7.11 Å². The average molecular weight is 178 g/mol. The first-order valence-corrected chi connectivity index (χ1v) is 3.78. The van der Waals surface area contributed by atoms with E-state index in [1.54, 1.807) is 13.2 Å². The Hall–Kier alpha value is -1.74. The lowest BCUT2D eigenvalue weighted by molar-refractivity contribution is 0.413. The molecule has 0 atom stereocenters. The highest BCUT2D eigenvalue weighted by Crippen LogP contribution is 2.13. The van der Waals surface area contributed by atoms with E-state index in [4.69, 9.17) is 10.3 Å². The van der Waals surface area contributed by atoms with Gasteiger partial charge in [-0.15, -0.1) is 0 Å². The first-order valence-electron chi connectivity index (χ1n) is 3.78. The summed E-state index contributed by atoms with van der Waals surface area (Å²) in [5.41, 5.74) is 9.69. The summed E-state index contributed by atoms with van der Waals surface area (Å²) < 4.78 is 5.04. The number of nitrogens with zero attached hydrogens (tertiary/aromatic N) is 4. The van der Waals surface area contributed by atoms with E-state index in [1.165, 1.54) is 0 Å². The number of azide groups is 1. The molecule has 1 aromatic heterocycles. The molecule has 0 bridgehead atoms. The third-order valence-electron chi connectivity index (χ3n) is 1.51. The van der Waals surface area contributed by atoms with Gasteiger partial charge >= 0.3 is 0 Å². The monoisotopic (exact) mass is 178 g/mol. The van der Waals surface area contributed by atoms with Gasteiger partial charge in [-0.05, 0) is 12.5 Å². The Balaban J connectivity index is 2.93. The van der Waals surface area contributed by atoms with Crippen LogP contribution in [0.3, 0.4) is 0 Å². The minimum Gasteiger partial charge on any atom is -0.497 e. The molecule has 0 fully saturated rings. The third kappa shape index (κ3) is 2.65. The molecule has 5 nitrogen and oxygen atoms in total. The number of rotatable bonds is 3. The summed E-state index contributed by atoms with van der Waals surface area (Å²) in [6.07, 6.45) is 0. The van der Waals surface area contributed by atoms with E-state index < -0.39 is 0 Å². The van der Waals surface area contributed by atoms with Crippen LogP contribution in [-0.2, 0) is 6.54 Å². The van der Waals surface area contributed by atoms with Crippen LogP contribution >= 0.6 is 0 Å². The Bertz CT molecular complexity index is 344. The summed E-state index contributed by atoms with van der Waals surface area (Å²) in [5.74, 6) is 0.732. The van der Waals surface area contributed by atoms with Gasteiger partial charge in [-0.2, -0.15) is 0 Å². The number of hydrogen-bond donors (Lipinski definition) is 0. The first-order chi connectivity index (χ1) is 6.26. The van der Waals surface area contributed by atoms with Crippen LogP contribution in [0.1, 0.15) is 11.4 Å². The van der Waals surface area contributed by atoms with Crippen LogP contribution < -0.4 is 4.74 Å².